The summed E-state index contributed by atoms with van der Waals surface area (Å²) in [5.41, 5.74) is 0.213. The Balaban J connectivity index is 1.51. The zero-order valence-corrected chi connectivity index (χ0v) is 17.8. The minimum Gasteiger partial charge on any atom is -0.339 e. The van der Waals surface area contributed by atoms with Gasteiger partial charge in [0, 0.05) is 26.3 Å². The molecule has 0 unspecified atom stereocenters. The lowest BCUT2D eigenvalue weighted by Gasteiger charge is -2.21. The third kappa shape index (κ3) is 4.05. The van der Waals surface area contributed by atoms with Crippen molar-refractivity contribution in [1.82, 2.24) is 14.4 Å². The van der Waals surface area contributed by atoms with Gasteiger partial charge in [-0.25, -0.2) is 0 Å². The number of nitrogens with zero attached hydrogens (tertiary/aromatic N) is 3. The maximum atomic E-state index is 12.9. The van der Waals surface area contributed by atoms with Crippen LogP contribution in [0, 0.1) is 0 Å². The fourth-order valence-corrected chi connectivity index (χ4v) is 4.09. The molecule has 1 fully saturated rings. The molecule has 1 aromatic heterocycles. The van der Waals surface area contributed by atoms with Crippen molar-refractivity contribution in [2.75, 3.05) is 25.0 Å². The normalized spacial score (nSPS) is 16.0. The summed E-state index contributed by atoms with van der Waals surface area (Å²) < 4.78 is 1.24. The van der Waals surface area contributed by atoms with E-state index >= 15 is 0 Å². The highest BCUT2D eigenvalue weighted by molar-refractivity contribution is 6.22. The van der Waals surface area contributed by atoms with Crippen molar-refractivity contribution in [1.29, 1.82) is 0 Å². The van der Waals surface area contributed by atoms with Crippen LogP contribution in [0.25, 0.3) is 0 Å². The van der Waals surface area contributed by atoms with Crippen LogP contribution >= 0.6 is 0 Å². The van der Waals surface area contributed by atoms with Crippen LogP contribution in [0.3, 0.4) is 0 Å². The summed E-state index contributed by atoms with van der Waals surface area (Å²) >= 11 is 0. The molecule has 2 aromatic rings. The Morgan fingerprint density at radius 2 is 1.53 bits per heavy atom. The molecule has 9 heteroatoms. The van der Waals surface area contributed by atoms with Crippen LogP contribution in [0.15, 0.2) is 41.3 Å². The van der Waals surface area contributed by atoms with E-state index in [2.05, 4.69) is 5.32 Å². The highest BCUT2D eigenvalue weighted by Gasteiger charge is 2.36. The van der Waals surface area contributed by atoms with Gasteiger partial charge in [-0.3, -0.25) is 28.9 Å². The fourth-order valence-electron chi connectivity index (χ4n) is 4.09. The van der Waals surface area contributed by atoms with Gasteiger partial charge in [0.2, 0.25) is 5.91 Å². The van der Waals surface area contributed by atoms with Crippen LogP contribution in [0.5, 0.6) is 0 Å². The standard InChI is InChI=1S/C23H24N4O5/c1-25-13-15(20(29)26-10-6-2-3-7-11-26)12-18(23(25)32)24-19(28)14-27-21(30)16-8-4-5-9-17(16)22(27)31/h4-5,8-9,12-13H,2-3,6-7,10-11,14H2,1H3,(H,24,28). The molecule has 166 valence electrons. The van der Waals surface area contributed by atoms with Crippen LogP contribution in [0.4, 0.5) is 5.69 Å². The molecule has 1 aromatic carbocycles. The van der Waals surface area contributed by atoms with E-state index in [1.54, 1.807) is 17.0 Å². The number of rotatable bonds is 4. The Bertz CT molecular complexity index is 1130. The molecule has 0 radical (unpaired) electrons. The van der Waals surface area contributed by atoms with Crippen molar-refractivity contribution in [2.45, 2.75) is 25.7 Å². The number of aryl methyl sites for hydroxylation is 1. The van der Waals surface area contributed by atoms with Crippen LogP contribution in [0.1, 0.15) is 56.8 Å². The first-order valence-corrected chi connectivity index (χ1v) is 10.6. The quantitative estimate of drug-likeness (QED) is 0.733. The second kappa shape index (κ2) is 8.78. The van der Waals surface area contributed by atoms with Crippen molar-refractivity contribution in [3.63, 3.8) is 0 Å². The number of hydrogen-bond acceptors (Lipinski definition) is 5. The minimum absolute atomic E-state index is 0.0743. The van der Waals surface area contributed by atoms with Gasteiger partial charge in [-0.15, -0.1) is 0 Å². The number of hydrogen-bond donors (Lipinski definition) is 1. The smallest absolute Gasteiger partial charge is 0.274 e. The first-order valence-electron chi connectivity index (χ1n) is 10.6. The molecule has 9 nitrogen and oxygen atoms in total. The van der Waals surface area contributed by atoms with Crippen LogP contribution in [-0.2, 0) is 11.8 Å². The van der Waals surface area contributed by atoms with E-state index in [4.69, 9.17) is 0 Å². The lowest BCUT2D eigenvalue weighted by atomic mass is 10.1. The number of imide groups is 1. The average molecular weight is 436 g/mol. The molecule has 2 aliphatic heterocycles. The number of nitrogens with one attached hydrogen (secondary N) is 1. The maximum Gasteiger partial charge on any atom is 0.274 e. The lowest BCUT2D eigenvalue weighted by Crippen LogP contribution is -2.38. The summed E-state index contributed by atoms with van der Waals surface area (Å²) in [4.78, 5) is 65.6. The largest absolute Gasteiger partial charge is 0.339 e. The van der Waals surface area contributed by atoms with Crippen molar-refractivity contribution in [3.05, 3.63) is 63.6 Å². The second-order valence-corrected chi connectivity index (χ2v) is 8.06. The molecule has 0 spiro atoms. The third-order valence-corrected chi connectivity index (χ3v) is 5.78. The number of aromatic nitrogens is 1. The summed E-state index contributed by atoms with van der Waals surface area (Å²) in [6.07, 6.45) is 5.48. The van der Waals surface area contributed by atoms with Gasteiger partial charge in [0.05, 0.1) is 16.7 Å². The fraction of sp³-hybridized carbons (Fsp3) is 0.348. The maximum absolute atomic E-state index is 12.9. The number of fused-ring (bicyclic) bond motifs is 1. The number of benzene rings is 1. The summed E-state index contributed by atoms with van der Waals surface area (Å²) in [7, 11) is 1.50. The zero-order chi connectivity index (χ0) is 22.8. The Labute approximate surface area is 184 Å². The Kier molecular flexibility index (Phi) is 5.89. The van der Waals surface area contributed by atoms with Crippen LogP contribution < -0.4 is 10.9 Å². The molecule has 0 saturated carbocycles. The van der Waals surface area contributed by atoms with E-state index < -0.39 is 29.8 Å². The van der Waals surface area contributed by atoms with Crippen LogP contribution in [0.2, 0.25) is 0 Å². The number of amides is 4. The van der Waals surface area contributed by atoms with E-state index in [1.807, 2.05) is 0 Å². The molecule has 0 bridgehead atoms. The van der Waals surface area contributed by atoms with Gasteiger partial charge >= 0.3 is 0 Å². The Morgan fingerprint density at radius 1 is 0.938 bits per heavy atom. The molecular formula is C23H24N4O5. The monoisotopic (exact) mass is 436 g/mol. The topological polar surface area (TPSA) is 109 Å². The molecule has 2 aliphatic rings. The lowest BCUT2D eigenvalue weighted by molar-refractivity contribution is -0.116. The average Bonchev–Trinajstić information content (AvgIpc) is 2.98. The third-order valence-electron chi connectivity index (χ3n) is 5.78. The van der Waals surface area contributed by atoms with E-state index in [0.29, 0.717) is 18.7 Å². The van der Waals surface area contributed by atoms with Crippen LogP contribution in [-0.4, -0.2) is 57.6 Å². The number of pyridine rings is 1. The SMILES string of the molecule is Cn1cc(C(=O)N2CCCCCC2)cc(NC(=O)CN2C(=O)c3ccccc3C2=O)c1=O. The molecule has 1 saturated heterocycles. The number of anilines is 1. The van der Waals surface area contributed by atoms with E-state index in [-0.39, 0.29) is 22.7 Å². The molecule has 32 heavy (non-hydrogen) atoms. The van der Waals surface area contributed by atoms with Gasteiger partial charge in [-0.05, 0) is 31.0 Å². The Morgan fingerprint density at radius 3 is 2.12 bits per heavy atom. The van der Waals surface area contributed by atoms with Crippen molar-refractivity contribution in [2.24, 2.45) is 7.05 Å². The van der Waals surface area contributed by atoms with Crippen molar-refractivity contribution in [3.8, 4) is 0 Å². The van der Waals surface area contributed by atoms with E-state index in [0.717, 1.165) is 30.6 Å². The van der Waals surface area contributed by atoms with E-state index in [1.165, 1.54) is 36.0 Å². The van der Waals surface area contributed by atoms with Gasteiger partial charge < -0.3 is 14.8 Å². The number of carbonyl (C=O) groups is 4. The first-order chi connectivity index (χ1) is 15.4. The van der Waals surface area contributed by atoms with Crippen molar-refractivity contribution >= 4 is 29.3 Å². The molecule has 4 rings (SSSR count). The summed E-state index contributed by atoms with van der Waals surface area (Å²) in [5.74, 6) is -2.01. The van der Waals surface area contributed by atoms with Crippen molar-refractivity contribution < 1.29 is 19.2 Å². The number of carbonyl (C=O) groups excluding carboxylic acids is 4. The molecular weight excluding hydrogens is 412 g/mol. The van der Waals surface area contributed by atoms with Gasteiger partial charge in [-0.1, -0.05) is 25.0 Å². The highest BCUT2D eigenvalue weighted by atomic mass is 16.2. The van der Waals surface area contributed by atoms with Gasteiger partial charge in [0.15, 0.2) is 0 Å². The molecule has 3 heterocycles. The minimum atomic E-state index is -0.698. The van der Waals surface area contributed by atoms with Gasteiger partial charge in [0.25, 0.3) is 23.3 Å². The van der Waals surface area contributed by atoms with E-state index in [9.17, 15) is 24.0 Å². The van der Waals surface area contributed by atoms with Gasteiger partial charge in [-0.2, -0.15) is 0 Å². The number of likely N-dealkylation sites (tertiary alicyclic amines) is 1. The zero-order valence-electron chi connectivity index (χ0n) is 17.8. The summed E-state index contributed by atoms with van der Waals surface area (Å²) in [6, 6.07) is 7.70. The molecule has 0 aliphatic carbocycles. The summed E-state index contributed by atoms with van der Waals surface area (Å²) in [5, 5.41) is 2.47. The second-order valence-electron chi connectivity index (χ2n) is 8.06. The Hall–Kier alpha value is -3.75. The first kappa shape index (κ1) is 21.5. The summed E-state index contributed by atoms with van der Waals surface area (Å²) in [6.45, 7) is 0.784. The predicted octanol–water partition coefficient (Wildman–Crippen LogP) is 1.64. The highest BCUT2D eigenvalue weighted by Crippen LogP contribution is 2.22. The molecule has 0 atom stereocenters. The molecule has 4 amide bonds. The molecule has 1 N–H and O–H groups in total. The van der Waals surface area contributed by atoms with Gasteiger partial charge in [0.1, 0.15) is 12.2 Å². The predicted molar refractivity (Wildman–Crippen MR) is 116 cm³/mol.